The lowest BCUT2D eigenvalue weighted by Gasteiger charge is -2.34. The van der Waals surface area contributed by atoms with Crippen LogP contribution in [0.3, 0.4) is 0 Å². The normalized spacial score (nSPS) is 17.7. The number of nitrogens with zero attached hydrogens (tertiary/aromatic N) is 1. The van der Waals surface area contributed by atoms with Crippen molar-refractivity contribution in [3.05, 3.63) is 33.1 Å². The summed E-state index contributed by atoms with van der Waals surface area (Å²) in [6.45, 7) is 1.80. The number of hydrogen-bond acceptors (Lipinski definition) is 6. The molecule has 0 radical (unpaired) electrons. The predicted molar refractivity (Wildman–Crippen MR) is 65.7 cm³/mol. The van der Waals surface area contributed by atoms with Gasteiger partial charge in [0.25, 0.3) is 5.56 Å². The molecular formula is C11H18N2O6. The molecule has 0 aliphatic carbocycles. The second-order valence-electron chi connectivity index (χ2n) is 4.42. The zero-order chi connectivity index (χ0) is 14.6. The highest BCUT2D eigenvalue weighted by molar-refractivity contribution is 4.86. The van der Waals surface area contributed by atoms with Gasteiger partial charge in [0.05, 0.1) is 19.3 Å². The maximum atomic E-state index is 11.6. The molecule has 1 rings (SSSR count). The van der Waals surface area contributed by atoms with Gasteiger partial charge in [-0.15, -0.1) is 0 Å². The molecule has 1 heterocycles. The maximum Gasteiger partial charge on any atom is 0.330 e. The van der Waals surface area contributed by atoms with Crippen LogP contribution in [-0.4, -0.2) is 49.8 Å². The molecule has 0 unspecified atom stereocenters. The van der Waals surface area contributed by atoms with Crippen molar-refractivity contribution in [2.24, 2.45) is 0 Å². The summed E-state index contributed by atoms with van der Waals surface area (Å²) in [5, 5.41) is 28.1. The van der Waals surface area contributed by atoms with E-state index in [1.165, 1.54) is 20.0 Å². The summed E-state index contributed by atoms with van der Waals surface area (Å²) in [7, 11) is 0. The van der Waals surface area contributed by atoms with Crippen molar-refractivity contribution in [1.82, 2.24) is 9.55 Å². The van der Waals surface area contributed by atoms with E-state index in [-0.39, 0.29) is 0 Å². The Hall–Kier alpha value is -1.48. The third-order valence-electron chi connectivity index (χ3n) is 2.92. The molecule has 8 nitrogen and oxygen atoms in total. The lowest BCUT2D eigenvalue weighted by atomic mass is 10.0. The molecule has 1 aromatic heterocycles. The largest absolute Gasteiger partial charge is 0.393 e. The Labute approximate surface area is 108 Å². The molecule has 0 aliphatic heterocycles. The van der Waals surface area contributed by atoms with E-state index in [0.717, 1.165) is 10.6 Å². The third kappa shape index (κ3) is 3.51. The number of rotatable bonds is 6. The van der Waals surface area contributed by atoms with Crippen molar-refractivity contribution in [3.8, 4) is 0 Å². The lowest BCUT2D eigenvalue weighted by molar-refractivity contribution is -0.193. The van der Waals surface area contributed by atoms with E-state index in [1.54, 1.807) is 0 Å². The number of aliphatic hydroxyl groups excluding tert-OH is 3. The average molecular weight is 274 g/mol. The molecular weight excluding hydrogens is 256 g/mol. The summed E-state index contributed by atoms with van der Waals surface area (Å²) >= 11 is 0. The number of H-pyrrole nitrogens is 1. The molecule has 8 heteroatoms. The van der Waals surface area contributed by atoms with E-state index in [1.807, 2.05) is 4.98 Å². The SMILES string of the molecule is C[C@H](O)[C@@](C)(CO)O[C@H](CO)n1ccc(=O)[nH]c1=O. The third-order valence-corrected chi connectivity index (χ3v) is 2.92. The highest BCUT2D eigenvalue weighted by atomic mass is 16.6. The first-order valence-corrected chi connectivity index (χ1v) is 5.73. The molecule has 0 saturated carbocycles. The fourth-order valence-corrected chi connectivity index (χ4v) is 1.41. The van der Waals surface area contributed by atoms with Crippen LogP contribution in [0.25, 0.3) is 0 Å². The van der Waals surface area contributed by atoms with E-state index in [4.69, 9.17) is 4.74 Å². The van der Waals surface area contributed by atoms with Crippen LogP contribution in [0.2, 0.25) is 0 Å². The summed E-state index contributed by atoms with van der Waals surface area (Å²) in [6.07, 6.45) is -0.983. The summed E-state index contributed by atoms with van der Waals surface area (Å²) in [6, 6.07) is 1.10. The maximum absolute atomic E-state index is 11.6. The zero-order valence-corrected chi connectivity index (χ0v) is 10.7. The Balaban J connectivity index is 3.08. The molecule has 19 heavy (non-hydrogen) atoms. The Morgan fingerprint density at radius 3 is 2.53 bits per heavy atom. The van der Waals surface area contributed by atoms with Crippen molar-refractivity contribution in [2.75, 3.05) is 13.2 Å². The minimum Gasteiger partial charge on any atom is -0.393 e. The molecule has 0 aliphatic rings. The van der Waals surface area contributed by atoms with E-state index < -0.39 is 42.4 Å². The standard InChI is InChI=1S/C11H18N2O6/c1-7(16)11(2,6-15)19-9(5-14)13-4-3-8(17)12-10(13)18/h3-4,7,9,14-16H,5-6H2,1-2H3,(H,12,17,18)/t7-,9+,11+/m0/s1. The highest BCUT2D eigenvalue weighted by Gasteiger charge is 2.34. The van der Waals surface area contributed by atoms with E-state index in [9.17, 15) is 24.9 Å². The Kier molecular flexibility index (Phi) is 5.01. The van der Waals surface area contributed by atoms with E-state index in [0.29, 0.717) is 0 Å². The van der Waals surface area contributed by atoms with Crippen molar-refractivity contribution in [1.29, 1.82) is 0 Å². The average Bonchev–Trinajstić information content (AvgIpc) is 2.36. The number of aromatic nitrogens is 2. The van der Waals surface area contributed by atoms with Crippen LogP contribution in [0.4, 0.5) is 0 Å². The van der Waals surface area contributed by atoms with Crippen LogP contribution in [-0.2, 0) is 4.74 Å². The van der Waals surface area contributed by atoms with Gasteiger partial charge in [-0.3, -0.25) is 14.3 Å². The van der Waals surface area contributed by atoms with Crippen molar-refractivity contribution >= 4 is 0 Å². The lowest BCUT2D eigenvalue weighted by Crippen LogP contribution is -2.47. The van der Waals surface area contributed by atoms with Gasteiger partial charge in [-0.1, -0.05) is 0 Å². The molecule has 1 aromatic rings. The molecule has 0 amide bonds. The second kappa shape index (κ2) is 6.11. The molecule has 4 N–H and O–H groups in total. The summed E-state index contributed by atoms with van der Waals surface area (Å²) in [5.41, 5.74) is -2.67. The van der Waals surface area contributed by atoms with E-state index in [2.05, 4.69) is 0 Å². The van der Waals surface area contributed by atoms with Gasteiger partial charge in [0.15, 0.2) is 6.23 Å². The van der Waals surface area contributed by atoms with Gasteiger partial charge in [0, 0.05) is 12.3 Å². The topological polar surface area (TPSA) is 125 Å². The fraction of sp³-hybridized carbons (Fsp3) is 0.636. The fourth-order valence-electron chi connectivity index (χ4n) is 1.41. The van der Waals surface area contributed by atoms with Crippen molar-refractivity contribution < 1.29 is 20.1 Å². The van der Waals surface area contributed by atoms with Gasteiger partial charge in [-0.25, -0.2) is 4.79 Å². The van der Waals surface area contributed by atoms with Gasteiger partial charge in [-0.05, 0) is 13.8 Å². The predicted octanol–water partition coefficient (Wildman–Crippen LogP) is -1.82. The number of aliphatic hydroxyl groups is 3. The zero-order valence-electron chi connectivity index (χ0n) is 10.7. The molecule has 0 fully saturated rings. The highest BCUT2D eigenvalue weighted by Crippen LogP contribution is 2.21. The molecule has 0 spiro atoms. The molecule has 0 saturated heterocycles. The number of ether oxygens (including phenoxy) is 1. The van der Waals surface area contributed by atoms with Gasteiger partial charge in [0.2, 0.25) is 0 Å². The van der Waals surface area contributed by atoms with Gasteiger partial charge < -0.3 is 20.1 Å². The minimum atomic E-state index is -1.34. The number of nitrogens with one attached hydrogen (secondary N) is 1. The first-order valence-electron chi connectivity index (χ1n) is 5.73. The summed E-state index contributed by atoms with van der Waals surface area (Å²) < 4.78 is 6.37. The first-order chi connectivity index (χ1) is 8.84. The van der Waals surface area contributed by atoms with Crippen LogP contribution in [0.1, 0.15) is 20.1 Å². The number of aromatic amines is 1. The van der Waals surface area contributed by atoms with Crippen LogP contribution in [0, 0.1) is 0 Å². The van der Waals surface area contributed by atoms with Gasteiger partial charge in [-0.2, -0.15) is 0 Å². The molecule has 0 bridgehead atoms. The van der Waals surface area contributed by atoms with Crippen molar-refractivity contribution in [2.45, 2.75) is 31.8 Å². The van der Waals surface area contributed by atoms with Gasteiger partial charge >= 0.3 is 5.69 Å². The van der Waals surface area contributed by atoms with E-state index >= 15 is 0 Å². The number of hydrogen-bond donors (Lipinski definition) is 4. The second-order valence-corrected chi connectivity index (χ2v) is 4.42. The molecule has 108 valence electrons. The van der Waals surface area contributed by atoms with Gasteiger partial charge in [0.1, 0.15) is 5.60 Å². The minimum absolute atomic E-state index is 0.501. The summed E-state index contributed by atoms with van der Waals surface area (Å²) in [4.78, 5) is 24.5. The quantitative estimate of drug-likeness (QED) is 0.484. The van der Waals surface area contributed by atoms with Crippen LogP contribution >= 0.6 is 0 Å². The van der Waals surface area contributed by atoms with Crippen LogP contribution < -0.4 is 11.2 Å². The van der Waals surface area contributed by atoms with Crippen molar-refractivity contribution in [3.63, 3.8) is 0 Å². The molecule has 0 aromatic carbocycles. The smallest absolute Gasteiger partial charge is 0.330 e. The summed E-state index contributed by atoms with van der Waals surface area (Å²) in [5.74, 6) is 0. The Bertz CT molecular complexity index is 522. The van der Waals surface area contributed by atoms with Crippen LogP contribution in [0.15, 0.2) is 21.9 Å². The van der Waals surface area contributed by atoms with Crippen LogP contribution in [0.5, 0.6) is 0 Å². The first kappa shape index (κ1) is 15.6. The Morgan fingerprint density at radius 1 is 1.47 bits per heavy atom. The molecule has 3 atom stereocenters. The Morgan fingerprint density at radius 2 is 2.11 bits per heavy atom. The monoisotopic (exact) mass is 274 g/mol.